The van der Waals surface area contributed by atoms with Crippen molar-refractivity contribution in [2.75, 3.05) is 20.3 Å². The highest BCUT2D eigenvalue weighted by Gasteiger charge is 2.14. The molecule has 2 aromatic carbocycles. The molecule has 0 radical (unpaired) electrons. The number of benzene rings is 2. The summed E-state index contributed by atoms with van der Waals surface area (Å²) < 4.78 is 10.5. The number of hydrogen-bond donors (Lipinski definition) is 1. The molecule has 4 rings (SSSR count). The lowest BCUT2D eigenvalue weighted by molar-refractivity contribution is -0.124. The van der Waals surface area contributed by atoms with Gasteiger partial charge >= 0.3 is 0 Å². The fourth-order valence-electron chi connectivity index (χ4n) is 3.59. The number of ether oxygens (including phenoxy) is 2. The number of Topliss-reactive ketones (excluding diaryl/α,β-unsaturated/α-hetero) is 1. The summed E-state index contributed by atoms with van der Waals surface area (Å²) in [5, 5.41) is 4.62. The third-order valence-electron chi connectivity index (χ3n) is 4.85. The highest BCUT2D eigenvalue weighted by atomic mass is 16.5. The minimum absolute atomic E-state index is 0.00651. The van der Waals surface area contributed by atoms with Gasteiger partial charge in [-0.05, 0) is 54.6 Å². The van der Waals surface area contributed by atoms with Gasteiger partial charge < -0.3 is 14.5 Å². The third kappa shape index (κ3) is 2.61. The van der Waals surface area contributed by atoms with Gasteiger partial charge in [-0.1, -0.05) is 0 Å². The maximum Gasteiger partial charge on any atom is 0.195 e. The van der Waals surface area contributed by atoms with Crippen LogP contribution in [0.1, 0.15) is 11.1 Å². The average molecular weight is 348 g/mol. The SMILES string of the molecule is COCC(=O)COc1ccc2[nH]c3c(C)c4ccncc4c(C)c3c2c1. The number of aromatic nitrogens is 2. The van der Waals surface area contributed by atoms with Gasteiger partial charge in [0.1, 0.15) is 19.0 Å². The molecule has 26 heavy (non-hydrogen) atoms. The van der Waals surface area contributed by atoms with Gasteiger partial charge in [-0.2, -0.15) is 0 Å². The van der Waals surface area contributed by atoms with E-state index in [1.807, 2.05) is 30.6 Å². The molecular weight excluding hydrogens is 328 g/mol. The van der Waals surface area contributed by atoms with Gasteiger partial charge in [-0.3, -0.25) is 9.78 Å². The van der Waals surface area contributed by atoms with Gasteiger partial charge in [-0.25, -0.2) is 0 Å². The summed E-state index contributed by atoms with van der Waals surface area (Å²) >= 11 is 0. The molecule has 0 aliphatic rings. The van der Waals surface area contributed by atoms with Crippen LogP contribution in [0.4, 0.5) is 0 Å². The Bertz CT molecular complexity index is 1140. The molecule has 1 N–H and O–H groups in total. The minimum Gasteiger partial charge on any atom is -0.486 e. The predicted octanol–water partition coefficient (Wildman–Crippen LogP) is 4.08. The quantitative estimate of drug-likeness (QED) is 0.590. The molecule has 0 saturated carbocycles. The normalized spacial score (nSPS) is 11.5. The molecule has 0 bridgehead atoms. The zero-order valence-corrected chi connectivity index (χ0v) is 15.1. The number of carbonyl (C=O) groups excluding carboxylic acids is 1. The second-order valence-corrected chi connectivity index (χ2v) is 6.51. The number of H-pyrrole nitrogens is 1. The lowest BCUT2D eigenvalue weighted by atomic mass is 9.97. The van der Waals surface area contributed by atoms with Crippen molar-refractivity contribution in [2.45, 2.75) is 13.8 Å². The molecule has 0 aliphatic heterocycles. The lowest BCUT2D eigenvalue weighted by Crippen LogP contribution is -2.16. The highest BCUT2D eigenvalue weighted by molar-refractivity contribution is 6.16. The second kappa shape index (κ2) is 6.42. The van der Waals surface area contributed by atoms with Gasteiger partial charge in [0, 0.05) is 41.2 Å². The molecule has 0 spiro atoms. The van der Waals surface area contributed by atoms with Crippen molar-refractivity contribution in [2.24, 2.45) is 0 Å². The summed E-state index contributed by atoms with van der Waals surface area (Å²) in [6.07, 6.45) is 3.74. The molecule has 0 atom stereocenters. The Morgan fingerprint density at radius 1 is 1.08 bits per heavy atom. The molecule has 2 aromatic heterocycles. The average Bonchev–Trinajstić information content (AvgIpc) is 3.04. The van der Waals surface area contributed by atoms with E-state index in [1.54, 1.807) is 0 Å². The number of rotatable bonds is 5. The van der Waals surface area contributed by atoms with E-state index in [4.69, 9.17) is 9.47 Å². The van der Waals surface area contributed by atoms with Crippen LogP contribution in [0.3, 0.4) is 0 Å². The Morgan fingerprint density at radius 2 is 1.92 bits per heavy atom. The predicted molar refractivity (Wildman–Crippen MR) is 103 cm³/mol. The van der Waals surface area contributed by atoms with Crippen molar-refractivity contribution in [1.82, 2.24) is 9.97 Å². The van der Waals surface area contributed by atoms with E-state index in [0.29, 0.717) is 5.75 Å². The Morgan fingerprint density at radius 3 is 2.73 bits per heavy atom. The third-order valence-corrected chi connectivity index (χ3v) is 4.85. The molecular formula is C21H20N2O3. The number of nitrogens with zero attached hydrogens (tertiary/aromatic N) is 1. The number of fused-ring (bicyclic) bond motifs is 4. The van der Waals surface area contributed by atoms with Crippen molar-refractivity contribution in [3.05, 3.63) is 47.8 Å². The lowest BCUT2D eigenvalue weighted by Gasteiger charge is -2.09. The monoisotopic (exact) mass is 348 g/mol. The Labute approximate surface area is 150 Å². The van der Waals surface area contributed by atoms with E-state index in [2.05, 4.69) is 29.9 Å². The van der Waals surface area contributed by atoms with Crippen molar-refractivity contribution in [3.63, 3.8) is 0 Å². The zero-order valence-electron chi connectivity index (χ0n) is 15.1. The summed E-state index contributed by atoms with van der Waals surface area (Å²) in [5.74, 6) is 0.585. The Kier molecular flexibility index (Phi) is 4.09. The Balaban J connectivity index is 1.87. The Hall–Kier alpha value is -2.92. The first-order valence-electron chi connectivity index (χ1n) is 8.52. The van der Waals surface area contributed by atoms with Crippen molar-refractivity contribution < 1.29 is 14.3 Å². The van der Waals surface area contributed by atoms with Crippen molar-refractivity contribution >= 4 is 38.4 Å². The molecule has 5 nitrogen and oxygen atoms in total. The number of pyridine rings is 1. The van der Waals surface area contributed by atoms with Crippen LogP contribution in [-0.4, -0.2) is 36.1 Å². The van der Waals surface area contributed by atoms with Crippen molar-refractivity contribution in [1.29, 1.82) is 0 Å². The first kappa shape index (κ1) is 16.5. The van der Waals surface area contributed by atoms with Gasteiger partial charge in [-0.15, -0.1) is 0 Å². The van der Waals surface area contributed by atoms with Crippen molar-refractivity contribution in [3.8, 4) is 5.75 Å². The number of carbonyl (C=O) groups is 1. The van der Waals surface area contributed by atoms with Gasteiger partial charge in [0.2, 0.25) is 0 Å². The first-order chi connectivity index (χ1) is 12.6. The molecule has 0 amide bonds. The van der Waals surface area contributed by atoms with Gasteiger partial charge in [0.25, 0.3) is 0 Å². The zero-order chi connectivity index (χ0) is 18.3. The maximum atomic E-state index is 11.6. The number of aryl methyl sites for hydroxylation is 2. The first-order valence-corrected chi connectivity index (χ1v) is 8.52. The van der Waals surface area contributed by atoms with Crippen LogP contribution in [0.5, 0.6) is 5.75 Å². The number of ketones is 1. The molecule has 0 fully saturated rings. The number of nitrogens with one attached hydrogen (secondary N) is 1. The smallest absolute Gasteiger partial charge is 0.195 e. The van der Waals surface area contributed by atoms with E-state index >= 15 is 0 Å². The molecule has 0 unspecified atom stereocenters. The summed E-state index contributed by atoms with van der Waals surface area (Å²) in [4.78, 5) is 19.4. The number of aromatic amines is 1. The molecule has 4 aromatic rings. The summed E-state index contributed by atoms with van der Waals surface area (Å²) in [6, 6.07) is 7.92. The van der Waals surface area contributed by atoms with Crippen LogP contribution >= 0.6 is 0 Å². The largest absolute Gasteiger partial charge is 0.486 e. The van der Waals surface area contributed by atoms with Crippen LogP contribution < -0.4 is 4.74 Å². The van der Waals surface area contributed by atoms with Crippen LogP contribution in [0, 0.1) is 13.8 Å². The second-order valence-electron chi connectivity index (χ2n) is 6.51. The fourth-order valence-corrected chi connectivity index (χ4v) is 3.59. The number of methoxy groups -OCH3 is 1. The number of hydrogen-bond acceptors (Lipinski definition) is 4. The summed E-state index contributed by atoms with van der Waals surface area (Å²) in [5.41, 5.74) is 4.57. The molecule has 132 valence electrons. The summed E-state index contributed by atoms with van der Waals surface area (Å²) in [6.45, 7) is 4.31. The summed E-state index contributed by atoms with van der Waals surface area (Å²) in [7, 11) is 1.50. The van der Waals surface area contributed by atoms with Crippen LogP contribution in [-0.2, 0) is 9.53 Å². The van der Waals surface area contributed by atoms with E-state index in [-0.39, 0.29) is 19.0 Å². The fraction of sp³-hybridized carbons (Fsp3) is 0.238. The van der Waals surface area contributed by atoms with E-state index in [1.165, 1.54) is 29.0 Å². The topological polar surface area (TPSA) is 64.2 Å². The maximum absolute atomic E-state index is 11.6. The van der Waals surface area contributed by atoms with Gasteiger partial charge in [0.15, 0.2) is 5.78 Å². The highest BCUT2D eigenvalue weighted by Crippen LogP contribution is 2.37. The minimum atomic E-state index is -0.0874. The molecule has 2 heterocycles. The van der Waals surface area contributed by atoms with Gasteiger partial charge in [0.05, 0.1) is 5.52 Å². The van der Waals surface area contributed by atoms with Crippen LogP contribution in [0.25, 0.3) is 32.6 Å². The van der Waals surface area contributed by atoms with E-state index in [0.717, 1.165) is 21.8 Å². The van der Waals surface area contributed by atoms with E-state index < -0.39 is 0 Å². The van der Waals surface area contributed by atoms with E-state index in [9.17, 15) is 4.79 Å². The molecule has 0 saturated heterocycles. The van der Waals surface area contributed by atoms with Crippen LogP contribution in [0.2, 0.25) is 0 Å². The van der Waals surface area contributed by atoms with Crippen LogP contribution in [0.15, 0.2) is 36.7 Å². The molecule has 0 aliphatic carbocycles. The molecule has 5 heteroatoms. The standard InChI is InChI=1S/C21H20N2O3/c1-12-18-9-22-7-6-16(18)13(2)21-20(12)17-8-15(4-5-19(17)23-21)26-11-14(24)10-25-3/h4-9,23H,10-11H2,1-3H3.